The van der Waals surface area contributed by atoms with E-state index in [0.29, 0.717) is 12.0 Å². The largest absolute Gasteiger partial charge is 0.382 e. The first kappa shape index (κ1) is 13.1. The molecule has 0 bridgehead atoms. The van der Waals surface area contributed by atoms with Gasteiger partial charge in [0, 0.05) is 24.3 Å². The van der Waals surface area contributed by atoms with Crippen LogP contribution in [0, 0.1) is 12.8 Å². The molecule has 20 heavy (non-hydrogen) atoms. The topological polar surface area (TPSA) is 64.9 Å². The van der Waals surface area contributed by atoms with Gasteiger partial charge in [0.1, 0.15) is 6.33 Å². The Bertz CT molecular complexity index is 563. The molecular formula is C14H19N5O. The number of aromatic nitrogens is 4. The molecule has 1 aliphatic heterocycles. The quantitative estimate of drug-likeness (QED) is 0.920. The number of benzene rings is 1. The monoisotopic (exact) mass is 273 g/mol. The maximum Gasteiger partial charge on any atom is 0.143 e. The Morgan fingerprint density at radius 1 is 1.45 bits per heavy atom. The van der Waals surface area contributed by atoms with Crippen LogP contribution in [-0.4, -0.2) is 39.5 Å². The van der Waals surface area contributed by atoms with Crippen LogP contribution in [0.5, 0.6) is 0 Å². The maximum absolute atomic E-state index is 5.45. The van der Waals surface area contributed by atoms with Gasteiger partial charge < -0.3 is 10.1 Å². The molecule has 3 rings (SSSR count). The Hall–Kier alpha value is -1.95. The molecule has 2 unspecified atom stereocenters. The lowest BCUT2D eigenvalue weighted by molar-refractivity contribution is 0.183. The van der Waals surface area contributed by atoms with Crippen molar-refractivity contribution in [2.75, 3.05) is 18.5 Å². The minimum Gasteiger partial charge on any atom is -0.382 e. The van der Waals surface area contributed by atoms with Gasteiger partial charge >= 0.3 is 0 Å². The predicted octanol–water partition coefficient (Wildman–Crippen LogP) is 1.81. The summed E-state index contributed by atoms with van der Waals surface area (Å²) >= 11 is 0. The van der Waals surface area contributed by atoms with E-state index in [9.17, 15) is 0 Å². The number of aryl methyl sites for hydroxylation is 1. The Morgan fingerprint density at radius 3 is 3.05 bits per heavy atom. The minimum absolute atomic E-state index is 0.391. The fourth-order valence-electron chi connectivity index (χ4n) is 2.55. The highest BCUT2D eigenvalue weighted by atomic mass is 16.5. The molecule has 1 fully saturated rings. The first-order chi connectivity index (χ1) is 9.74. The van der Waals surface area contributed by atoms with E-state index < -0.39 is 0 Å². The molecule has 0 spiro atoms. The summed E-state index contributed by atoms with van der Waals surface area (Å²) in [6.45, 7) is 5.98. The van der Waals surface area contributed by atoms with Crippen molar-refractivity contribution in [1.29, 1.82) is 0 Å². The standard InChI is InChI=1S/C14H19N5O/c1-10-3-4-13(7-14(10)19-9-15-17-18-19)16-11(2)12-5-6-20-8-12/h3-4,7,9,11-12,16H,5-6,8H2,1-2H3. The van der Waals surface area contributed by atoms with Gasteiger partial charge in [-0.05, 0) is 48.4 Å². The maximum atomic E-state index is 5.45. The second-order valence-corrected chi connectivity index (χ2v) is 5.31. The van der Waals surface area contributed by atoms with E-state index in [4.69, 9.17) is 4.74 Å². The van der Waals surface area contributed by atoms with Crippen molar-refractivity contribution in [2.45, 2.75) is 26.3 Å². The molecule has 0 amide bonds. The number of hydrogen-bond acceptors (Lipinski definition) is 5. The first-order valence-corrected chi connectivity index (χ1v) is 6.92. The molecule has 2 heterocycles. The van der Waals surface area contributed by atoms with E-state index in [2.05, 4.69) is 52.9 Å². The zero-order valence-electron chi connectivity index (χ0n) is 11.8. The van der Waals surface area contributed by atoms with Crippen molar-refractivity contribution < 1.29 is 4.74 Å². The van der Waals surface area contributed by atoms with Crippen molar-refractivity contribution in [3.05, 3.63) is 30.1 Å². The number of anilines is 1. The SMILES string of the molecule is Cc1ccc(NC(C)C2CCOC2)cc1-n1cnnn1. The van der Waals surface area contributed by atoms with Crippen LogP contribution in [0.3, 0.4) is 0 Å². The van der Waals surface area contributed by atoms with Gasteiger partial charge in [-0.3, -0.25) is 0 Å². The van der Waals surface area contributed by atoms with Crippen molar-refractivity contribution in [3.8, 4) is 5.69 Å². The van der Waals surface area contributed by atoms with E-state index >= 15 is 0 Å². The highest BCUT2D eigenvalue weighted by Gasteiger charge is 2.22. The third-order valence-electron chi connectivity index (χ3n) is 3.87. The fourth-order valence-corrected chi connectivity index (χ4v) is 2.55. The summed E-state index contributed by atoms with van der Waals surface area (Å²) in [5.74, 6) is 0.577. The molecule has 1 saturated heterocycles. The number of nitrogens with zero attached hydrogens (tertiary/aromatic N) is 4. The highest BCUT2D eigenvalue weighted by Crippen LogP contribution is 2.23. The summed E-state index contributed by atoms with van der Waals surface area (Å²) in [5, 5.41) is 14.9. The van der Waals surface area contributed by atoms with Gasteiger partial charge in [-0.2, -0.15) is 0 Å². The second kappa shape index (κ2) is 5.58. The molecule has 2 atom stereocenters. The van der Waals surface area contributed by atoms with Gasteiger partial charge in [0.05, 0.1) is 12.3 Å². The Kier molecular flexibility index (Phi) is 3.64. The lowest BCUT2D eigenvalue weighted by Crippen LogP contribution is -2.26. The smallest absolute Gasteiger partial charge is 0.143 e. The molecule has 1 aliphatic rings. The number of nitrogens with one attached hydrogen (secondary N) is 1. The molecule has 0 saturated carbocycles. The van der Waals surface area contributed by atoms with Crippen LogP contribution in [0.15, 0.2) is 24.5 Å². The van der Waals surface area contributed by atoms with Gasteiger partial charge in [0.15, 0.2) is 0 Å². The lowest BCUT2D eigenvalue weighted by atomic mass is 10.0. The summed E-state index contributed by atoms with van der Waals surface area (Å²) in [6.07, 6.45) is 2.74. The van der Waals surface area contributed by atoms with Gasteiger partial charge in [0.2, 0.25) is 0 Å². The number of rotatable bonds is 4. The van der Waals surface area contributed by atoms with Gasteiger partial charge in [-0.15, -0.1) is 5.10 Å². The van der Waals surface area contributed by atoms with E-state index in [0.717, 1.165) is 36.6 Å². The molecular weight excluding hydrogens is 254 g/mol. The summed E-state index contributed by atoms with van der Waals surface area (Å²) in [4.78, 5) is 0. The average molecular weight is 273 g/mol. The predicted molar refractivity (Wildman–Crippen MR) is 75.9 cm³/mol. The van der Waals surface area contributed by atoms with Crippen LogP contribution in [0.25, 0.3) is 5.69 Å². The molecule has 1 aromatic heterocycles. The first-order valence-electron chi connectivity index (χ1n) is 6.92. The average Bonchev–Trinajstić information content (AvgIpc) is 3.14. The van der Waals surface area contributed by atoms with E-state index in [1.165, 1.54) is 0 Å². The van der Waals surface area contributed by atoms with Crippen molar-refractivity contribution in [2.24, 2.45) is 5.92 Å². The van der Waals surface area contributed by atoms with Crippen LogP contribution in [-0.2, 0) is 4.74 Å². The second-order valence-electron chi connectivity index (χ2n) is 5.31. The molecule has 2 aromatic rings. The number of hydrogen-bond donors (Lipinski definition) is 1. The fraction of sp³-hybridized carbons (Fsp3) is 0.500. The van der Waals surface area contributed by atoms with Crippen LogP contribution in [0.2, 0.25) is 0 Å². The summed E-state index contributed by atoms with van der Waals surface area (Å²) in [7, 11) is 0. The van der Waals surface area contributed by atoms with Gasteiger partial charge in [-0.25, -0.2) is 4.68 Å². The lowest BCUT2D eigenvalue weighted by Gasteiger charge is -2.21. The molecule has 6 heteroatoms. The minimum atomic E-state index is 0.391. The van der Waals surface area contributed by atoms with E-state index in [-0.39, 0.29) is 0 Å². The summed E-state index contributed by atoms with van der Waals surface area (Å²) in [5.41, 5.74) is 3.22. The van der Waals surface area contributed by atoms with Crippen LogP contribution in [0.4, 0.5) is 5.69 Å². The van der Waals surface area contributed by atoms with Crippen molar-refractivity contribution >= 4 is 5.69 Å². The van der Waals surface area contributed by atoms with Crippen LogP contribution in [0.1, 0.15) is 18.9 Å². The van der Waals surface area contributed by atoms with E-state index in [1.54, 1.807) is 11.0 Å². The zero-order chi connectivity index (χ0) is 13.9. The Morgan fingerprint density at radius 2 is 2.35 bits per heavy atom. The van der Waals surface area contributed by atoms with Gasteiger partial charge in [0.25, 0.3) is 0 Å². The molecule has 1 aromatic carbocycles. The van der Waals surface area contributed by atoms with Crippen LogP contribution >= 0.6 is 0 Å². The van der Waals surface area contributed by atoms with Gasteiger partial charge in [-0.1, -0.05) is 6.07 Å². The third-order valence-corrected chi connectivity index (χ3v) is 3.87. The molecule has 0 radical (unpaired) electrons. The highest BCUT2D eigenvalue weighted by molar-refractivity contribution is 5.54. The van der Waals surface area contributed by atoms with Crippen molar-refractivity contribution in [1.82, 2.24) is 20.2 Å². The normalized spacial score (nSPS) is 20.0. The van der Waals surface area contributed by atoms with E-state index in [1.807, 2.05) is 0 Å². The Labute approximate surface area is 118 Å². The summed E-state index contributed by atoms with van der Waals surface area (Å²) < 4.78 is 7.13. The number of ether oxygens (including phenoxy) is 1. The Balaban J connectivity index is 1.78. The van der Waals surface area contributed by atoms with Crippen molar-refractivity contribution in [3.63, 3.8) is 0 Å². The molecule has 0 aliphatic carbocycles. The summed E-state index contributed by atoms with van der Waals surface area (Å²) in [6, 6.07) is 6.65. The molecule has 6 nitrogen and oxygen atoms in total. The third kappa shape index (κ3) is 2.65. The van der Waals surface area contributed by atoms with Crippen LogP contribution < -0.4 is 5.32 Å². The molecule has 106 valence electrons. The molecule has 1 N–H and O–H groups in total. The number of tetrazole rings is 1. The zero-order valence-corrected chi connectivity index (χ0v) is 11.8.